The van der Waals surface area contributed by atoms with E-state index in [4.69, 9.17) is 9.84 Å². The maximum absolute atomic E-state index is 10.9. The molecule has 0 spiro atoms. The minimum atomic E-state index is -0.963. The number of hydrogen-bond acceptors (Lipinski definition) is 2. The quantitative estimate of drug-likeness (QED) is 0.608. The van der Waals surface area contributed by atoms with Crippen molar-refractivity contribution in [3.8, 4) is 5.75 Å². The highest BCUT2D eigenvalue weighted by Crippen LogP contribution is 2.22. The van der Waals surface area contributed by atoms with Gasteiger partial charge in [-0.25, -0.2) is 4.79 Å². The fourth-order valence-corrected chi connectivity index (χ4v) is 1.95. The number of fused-ring (bicyclic) bond motifs is 1. The van der Waals surface area contributed by atoms with Gasteiger partial charge in [0.15, 0.2) is 0 Å². The maximum atomic E-state index is 10.9. The third-order valence-electron chi connectivity index (χ3n) is 3.02. The van der Waals surface area contributed by atoms with Crippen molar-refractivity contribution < 1.29 is 14.6 Å². The van der Waals surface area contributed by atoms with Crippen molar-refractivity contribution in [2.75, 3.05) is 6.61 Å². The standard InChI is InChI=1S/C17H17O3/c1-2-3-4-5-10-20-16-9-8-13-11-15(17(18)19)7-6-14(13)12-16/h2,6-9,12H,1,3-5,10H2,(H,18,19). The molecule has 103 valence electrons. The summed E-state index contributed by atoms with van der Waals surface area (Å²) in [5.41, 5.74) is 0.176. The zero-order chi connectivity index (χ0) is 14.4. The van der Waals surface area contributed by atoms with Crippen LogP contribution in [0.4, 0.5) is 0 Å². The van der Waals surface area contributed by atoms with Gasteiger partial charge in [-0.3, -0.25) is 0 Å². The summed E-state index contributed by atoms with van der Waals surface area (Å²) in [5.74, 6) is -0.165. The molecule has 2 aromatic rings. The second-order valence-electron chi connectivity index (χ2n) is 4.56. The van der Waals surface area contributed by atoms with E-state index in [0.717, 1.165) is 35.8 Å². The number of carboxylic acid groups (broad SMARTS) is 1. The number of allylic oxidation sites excluding steroid dienone is 1. The van der Waals surface area contributed by atoms with Crippen LogP contribution in [0.3, 0.4) is 0 Å². The minimum Gasteiger partial charge on any atom is -0.494 e. The number of rotatable bonds is 7. The molecule has 0 aliphatic carbocycles. The normalized spacial score (nSPS) is 10.4. The van der Waals surface area contributed by atoms with E-state index in [0.29, 0.717) is 6.61 Å². The Morgan fingerprint density at radius 3 is 2.90 bits per heavy atom. The molecule has 1 radical (unpaired) electrons. The molecule has 2 rings (SSSR count). The predicted molar refractivity (Wildman–Crippen MR) is 79.3 cm³/mol. The number of hydrogen-bond donors (Lipinski definition) is 1. The molecule has 3 heteroatoms. The van der Waals surface area contributed by atoms with Crippen LogP contribution in [0.15, 0.2) is 43.0 Å². The van der Waals surface area contributed by atoms with Gasteiger partial charge in [-0.15, -0.1) is 6.58 Å². The summed E-state index contributed by atoms with van der Waals surface area (Å²) in [7, 11) is 0. The molecule has 0 aliphatic rings. The largest absolute Gasteiger partial charge is 0.494 e. The molecule has 0 bridgehead atoms. The van der Waals surface area contributed by atoms with Crippen molar-refractivity contribution in [1.82, 2.24) is 0 Å². The Morgan fingerprint density at radius 2 is 2.15 bits per heavy atom. The van der Waals surface area contributed by atoms with Gasteiger partial charge in [0, 0.05) is 6.07 Å². The lowest BCUT2D eigenvalue weighted by molar-refractivity contribution is 0.0696. The fourth-order valence-electron chi connectivity index (χ4n) is 1.95. The predicted octanol–water partition coefficient (Wildman–Crippen LogP) is 4.07. The van der Waals surface area contributed by atoms with Crippen LogP contribution in [0.1, 0.15) is 29.6 Å². The Morgan fingerprint density at radius 1 is 1.30 bits per heavy atom. The van der Waals surface area contributed by atoms with Crippen LogP contribution in [0.2, 0.25) is 0 Å². The van der Waals surface area contributed by atoms with Gasteiger partial charge in [0.2, 0.25) is 0 Å². The van der Waals surface area contributed by atoms with Crippen molar-refractivity contribution in [3.05, 3.63) is 54.6 Å². The van der Waals surface area contributed by atoms with Crippen LogP contribution >= 0.6 is 0 Å². The third-order valence-corrected chi connectivity index (χ3v) is 3.02. The molecule has 20 heavy (non-hydrogen) atoms. The molecule has 1 N–H and O–H groups in total. The topological polar surface area (TPSA) is 46.5 Å². The number of carboxylic acids is 1. The second-order valence-corrected chi connectivity index (χ2v) is 4.56. The monoisotopic (exact) mass is 269 g/mol. The first-order valence-corrected chi connectivity index (χ1v) is 6.64. The lowest BCUT2D eigenvalue weighted by atomic mass is 10.1. The zero-order valence-electron chi connectivity index (χ0n) is 11.3. The van der Waals surface area contributed by atoms with Gasteiger partial charge >= 0.3 is 5.97 Å². The number of ether oxygens (including phenoxy) is 1. The van der Waals surface area contributed by atoms with Gasteiger partial charge in [0.05, 0.1) is 12.2 Å². The molecule has 0 fully saturated rings. The molecule has 0 aliphatic heterocycles. The smallest absolute Gasteiger partial charge is 0.336 e. The van der Waals surface area contributed by atoms with E-state index in [1.54, 1.807) is 12.1 Å². The highest BCUT2D eigenvalue weighted by molar-refractivity contribution is 5.94. The Kier molecular flexibility index (Phi) is 4.77. The molecule has 3 nitrogen and oxygen atoms in total. The van der Waals surface area contributed by atoms with E-state index in [1.165, 1.54) is 0 Å². The number of carbonyl (C=O) groups is 1. The summed E-state index contributed by atoms with van der Waals surface area (Å²) in [4.78, 5) is 10.9. The van der Waals surface area contributed by atoms with Gasteiger partial charge in [-0.2, -0.15) is 0 Å². The van der Waals surface area contributed by atoms with E-state index >= 15 is 0 Å². The van der Waals surface area contributed by atoms with Crippen LogP contribution in [0, 0.1) is 6.07 Å². The van der Waals surface area contributed by atoms with E-state index in [9.17, 15) is 4.79 Å². The lowest BCUT2D eigenvalue weighted by Crippen LogP contribution is -1.98. The summed E-state index contributed by atoms with van der Waals surface area (Å²) >= 11 is 0. The maximum Gasteiger partial charge on any atom is 0.336 e. The molecule has 0 heterocycles. The minimum absolute atomic E-state index is 0.176. The van der Waals surface area contributed by atoms with Crippen LogP contribution in [0.25, 0.3) is 10.8 Å². The molecule has 0 amide bonds. The van der Waals surface area contributed by atoms with Crippen molar-refractivity contribution in [3.63, 3.8) is 0 Å². The summed E-state index contributed by atoms with van der Waals surface area (Å²) in [6.45, 7) is 4.36. The Hall–Kier alpha value is -2.29. The van der Waals surface area contributed by atoms with Gasteiger partial charge < -0.3 is 9.84 Å². The van der Waals surface area contributed by atoms with Gasteiger partial charge in [-0.05, 0) is 48.2 Å². The fraction of sp³-hybridized carbons (Fsp3) is 0.235. The van der Waals surface area contributed by atoms with Crippen LogP contribution in [0.5, 0.6) is 5.75 Å². The molecule has 0 aromatic heterocycles. The van der Waals surface area contributed by atoms with Crippen LogP contribution in [-0.2, 0) is 0 Å². The first kappa shape index (κ1) is 14.1. The molecule has 0 saturated carbocycles. The van der Waals surface area contributed by atoms with E-state index in [1.807, 2.05) is 24.3 Å². The van der Waals surface area contributed by atoms with E-state index in [-0.39, 0.29) is 5.56 Å². The van der Waals surface area contributed by atoms with Crippen molar-refractivity contribution >= 4 is 16.7 Å². The number of aromatic carboxylic acids is 1. The molecular weight excluding hydrogens is 252 g/mol. The Balaban J connectivity index is 2.04. The van der Waals surface area contributed by atoms with E-state index < -0.39 is 5.97 Å². The SMILES string of the molecule is C=CCCCCOc1ccc2[c]c(C(=O)O)ccc2c1. The first-order valence-electron chi connectivity index (χ1n) is 6.64. The van der Waals surface area contributed by atoms with Crippen molar-refractivity contribution in [1.29, 1.82) is 0 Å². The van der Waals surface area contributed by atoms with Gasteiger partial charge in [-0.1, -0.05) is 18.2 Å². The van der Waals surface area contributed by atoms with Crippen LogP contribution in [-0.4, -0.2) is 17.7 Å². The van der Waals surface area contributed by atoms with Gasteiger partial charge in [0.25, 0.3) is 0 Å². The average molecular weight is 269 g/mol. The first-order chi connectivity index (χ1) is 9.70. The molecule has 0 atom stereocenters. The third kappa shape index (κ3) is 3.60. The summed E-state index contributed by atoms with van der Waals surface area (Å²) in [5, 5.41) is 10.6. The molecule has 0 saturated heterocycles. The highest BCUT2D eigenvalue weighted by atomic mass is 16.5. The average Bonchev–Trinajstić information content (AvgIpc) is 2.46. The van der Waals surface area contributed by atoms with Crippen molar-refractivity contribution in [2.45, 2.75) is 19.3 Å². The summed E-state index contributed by atoms with van der Waals surface area (Å²) in [6.07, 6.45) is 4.99. The van der Waals surface area contributed by atoms with E-state index in [2.05, 4.69) is 12.6 Å². The lowest BCUT2D eigenvalue weighted by Gasteiger charge is -2.07. The summed E-state index contributed by atoms with van der Waals surface area (Å²) < 4.78 is 5.67. The molecular formula is C17H17O3. The number of unbranched alkanes of at least 4 members (excludes halogenated alkanes) is 2. The molecule has 2 aromatic carbocycles. The zero-order valence-corrected chi connectivity index (χ0v) is 11.3. The second kappa shape index (κ2) is 6.75. The van der Waals surface area contributed by atoms with Crippen LogP contribution < -0.4 is 4.74 Å². The molecule has 0 unspecified atom stereocenters. The number of benzene rings is 2. The van der Waals surface area contributed by atoms with Crippen molar-refractivity contribution in [2.24, 2.45) is 0 Å². The highest BCUT2D eigenvalue weighted by Gasteiger charge is 2.05. The Bertz CT molecular complexity index is 617. The van der Waals surface area contributed by atoms with Gasteiger partial charge in [0.1, 0.15) is 5.75 Å². The Labute approximate surface area is 118 Å². The summed E-state index contributed by atoms with van der Waals surface area (Å²) in [6, 6.07) is 11.8.